The average Bonchev–Trinajstić information content (AvgIpc) is 3.49. The molecular weight excluding hydrogens is 450 g/mol. The number of anilines is 1. The Morgan fingerprint density at radius 1 is 1.06 bits per heavy atom. The second-order valence-corrected chi connectivity index (χ2v) is 8.52. The van der Waals surface area contributed by atoms with Gasteiger partial charge in [0.05, 0.1) is 0 Å². The number of nitrogens with zero attached hydrogens (tertiary/aromatic N) is 1. The number of rotatable bonds is 5. The van der Waals surface area contributed by atoms with E-state index in [-0.39, 0.29) is 17.8 Å². The Labute approximate surface area is 202 Å². The molecule has 0 saturated heterocycles. The van der Waals surface area contributed by atoms with Crippen LogP contribution in [0.2, 0.25) is 0 Å². The number of thiocarbonyl (C=S) groups is 1. The number of fused-ring (bicyclic) bond motifs is 2. The number of benzene rings is 3. The zero-order valence-corrected chi connectivity index (χ0v) is 19.6. The molecule has 34 heavy (non-hydrogen) atoms. The largest absolute Gasteiger partial charge is 0.454 e. The maximum Gasteiger partial charge on any atom is 0.257 e. The van der Waals surface area contributed by atoms with Crippen LogP contribution in [0, 0.1) is 0 Å². The molecule has 0 bridgehead atoms. The van der Waals surface area contributed by atoms with Crippen LogP contribution in [0.4, 0.5) is 5.69 Å². The Balaban J connectivity index is 1.24. The fourth-order valence-corrected chi connectivity index (χ4v) is 3.89. The lowest BCUT2D eigenvalue weighted by molar-refractivity contribution is 0.0977. The zero-order valence-electron chi connectivity index (χ0n) is 18.8. The number of amides is 1. The minimum Gasteiger partial charge on any atom is -0.454 e. The average molecular weight is 474 g/mol. The van der Waals surface area contributed by atoms with Gasteiger partial charge in [0.1, 0.15) is 5.52 Å². The summed E-state index contributed by atoms with van der Waals surface area (Å²) in [5.41, 5.74) is 4.87. The molecule has 5 rings (SSSR count). The molecular formula is C26H23N3O4S. The number of nitrogens with one attached hydrogen (secondary N) is 2. The van der Waals surface area contributed by atoms with Crippen molar-refractivity contribution in [2.75, 3.05) is 12.1 Å². The first-order chi connectivity index (χ1) is 16.5. The molecule has 0 saturated carbocycles. The van der Waals surface area contributed by atoms with E-state index in [1.54, 1.807) is 18.2 Å². The van der Waals surface area contributed by atoms with Crippen molar-refractivity contribution in [3.63, 3.8) is 0 Å². The summed E-state index contributed by atoms with van der Waals surface area (Å²) in [5, 5.41) is 5.88. The minimum absolute atomic E-state index is 0.152. The third kappa shape index (κ3) is 4.45. The Bertz CT molecular complexity index is 1380. The molecule has 1 aliphatic rings. The van der Waals surface area contributed by atoms with Gasteiger partial charge in [-0.3, -0.25) is 10.1 Å². The summed E-state index contributed by atoms with van der Waals surface area (Å²) in [6.45, 7) is 4.53. The van der Waals surface area contributed by atoms with Gasteiger partial charge >= 0.3 is 0 Å². The van der Waals surface area contributed by atoms with E-state index in [2.05, 4.69) is 41.6 Å². The molecule has 3 aromatic carbocycles. The monoisotopic (exact) mass is 473 g/mol. The van der Waals surface area contributed by atoms with Crippen LogP contribution in [0.3, 0.4) is 0 Å². The van der Waals surface area contributed by atoms with Crippen molar-refractivity contribution in [2.45, 2.75) is 26.2 Å². The predicted octanol–water partition coefficient (Wildman–Crippen LogP) is 5.86. The van der Waals surface area contributed by atoms with E-state index in [4.69, 9.17) is 26.1 Å². The predicted molar refractivity (Wildman–Crippen MR) is 134 cm³/mol. The van der Waals surface area contributed by atoms with E-state index in [9.17, 15) is 4.79 Å². The summed E-state index contributed by atoms with van der Waals surface area (Å²) in [6, 6.07) is 18.6. The number of carbonyl (C=O) groups is 1. The summed E-state index contributed by atoms with van der Waals surface area (Å²) in [4.78, 5) is 17.2. The van der Waals surface area contributed by atoms with Crippen LogP contribution in [-0.2, 0) is 0 Å². The number of oxazole rings is 1. The molecule has 0 radical (unpaired) electrons. The fraction of sp³-hybridized carbons (Fsp3) is 0.192. The molecule has 172 valence electrons. The Morgan fingerprint density at radius 3 is 2.65 bits per heavy atom. The van der Waals surface area contributed by atoms with E-state index in [0.717, 1.165) is 28.8 Å². The van der Waals surface area contributed by atoms with Gasteiger partial charge in [-0.2, -0.15) is 0 Å². The number of carbonyl (C=O) groups excluding carboxylic acids is 1. The lowest BCUT2D eigenvalue weighted by atomic mass is 9.98. The molecule has 1 aliphatic heterocycles. The molecule has 1 amide bonds. The standard InChI is InChI=1S/C26H23N3O4S/c1-3-15(2)17-6-10-21-20(12-17)28-25(33-21)16-4-8-19(9-5-16)27-26(34)29-24(30)18-7-11-22-23(13-18)32-14-31-22/h4-13,15H,3,14H2,1-2H3,(H2,27,29,30,34)/t15-/m1/s1. The van der Waals surface area contributed by atoms with Crippen LogP contribution < -0.4 is 20.1 Å². The van der Waals surface area contributed by atoms with E-state index >= 15 is 0 Å². The lowest BCUT2D eigenvalue weighted by Crippen LogP contribution is -2.34. The SMILES string of the molecule is CC[C@@H](C)c1ccc2oc(-c3ccc(NC(=S)NC(=O)c4ccc5c(c4)OCO5)cc3)nc2c1. The zero-order chi connectivity index (χ0) is 23.7. The highest BCUT2D eigenvalue weighted by Crippen LogP contribution is 2.32. The van der Waals surface area contributed by atoms with Crippen LogP contribution in [-0.4, -0.2) is 22.8 Å². The summed E-state index contributed by atoms with van der Waals surface area (Å²) >= 11 is 5.29. The van der Waals surface area contributed by atoms with Crippen molar-refractivity contribution < 1.29 is 18.7 Å². The second-order valence-electron chi connectivity index (χ2n) is 8.11. The molecule has 1 atom stereocenters. The van der Waals surface area contributed by atoms with Gasteiger partial charge in [-0.1, -0.05) is 19.9 Å². The smallest absolute Gasteiger partial charge is 0.257 e. The van der Waals surface area contributed by atoms with Gasteiger partial charge in [-0.25, -0.2) is 4.98 Å². The van der Waals surface area contributed by atoms with Gasteiger partial charge in [-0.05, 0) is 84.7 Å². The van der Waals surface area contributed by atoms with Gasteiger partial charge in [0.15, 0.2) is 22.2 Å². The molecule has 1 aromatic heterocycles. The van der Waals surface area contributed by atoms with Gasteiger partial charge in [-0.15, -0.1) is 0 Å². The Kier molecular flexibility index (Phi) is 5.90. The van der Waals surface area contributed by atoms with E-state index < -0.39 is 0 Å². The highest BCUT2D eigenvalue weighted by atomic mass is 32.1. The van der Waals surface area contributed by atoms with Gasteiger partial charge in [0.2, 0.25) is 12.7 Å². The number of ether oxygens (including phenoxy) is 2. The van der Waals surface area contributed by atoms with Crippen molar-refractivity contribution in [1.82, 2.24) is 10.3 Å². The third-order valence-electron chi connectivity index (χ3n) is 5.84. The lowest BCUT2D eigenvalue weighted by Gasteiger charge is -2.10. The topological polar surface area (TPSA) is 85.6 Å². The first kappa shape index (κ1) is 21.9. The summed E-state index contributed by atoms with van der Waals surface area (Å²) in [6.07, 6.45) is 1.07. The summed E-state index contributed by atoms with van der Waals surface area (Å²) < 4.78 is 16.5. The summed E-state index contributed by atoms with van der Waals surface area (Å²) in [7, 11) is 0. The first-order valence-corrected chi connectivity index (χ1v) is 11.4. The van der Waals surface area contributed by atoms with Crippen molar-refractivity contribution >= 4 is 40.0 Å². The van der Waals surface area contributed by atoms with Crippen molar-refractivity contribution in [2.24, 2.45) is 0 Å². The molecule has 0 spiro atoms. The Hall–Kier alpha value is -3.91. The second kappa shape index (κ2) is 9.15. The van der Waals surface area contributed by atoms with Gasteiger partial charge in [0.25, 0.3) is 5.91 Å². The van der Waals surface area contributed by atoms with E-state index in [1.807, 2.05) is 30.3 Å². The number of hydrogen-bond donors (Lipinski definition) is 2. The van der Waals surface area contributed by atoms with Crippen molar-refractivity contribution in [3.8, 4) is 23.0 Å². The van der Waals surface area contributed by atoms with Gasteiger partial charge < -0.3 is 19.2 Å². The molecule has 0 fully saturated rings. The Morgan fingerprint density at radius 2 is 1.85 bits per heavy atom. The highest BCUT2D eigenvalue weighted by molar-refractivity contribution is 7.80. The van der Waals surface area contributed by atoms with Crippen LogP contribution in [0.25, 0.3) is 22.6 Å². The molecule has 2 N–H and O–H groups in total. The van der Waals surface area contributed by atoms with Gasteiger partial charge in [0, 0.05) is 16.8 Å². The normalized spacial score (nSPS) is 13.0. The van der Waals surface area contributed by atoms with Crippen LogP contribution in [0.1, 0.15) is 42.1 Å². The van der Waals surface area contributed by atoms with Crippen LogP contribution >= 0.6 is 12.2 Å². The van der Waals surface area contributed by atoms with E-state index in [0.29, 0.717) is 28.9 Å². The molecule has 7 nitrogen and oxygen atoms in total. The van der Waals surface area contributed by atoms with E-state index in [1.165, 1.54) is 5.56 Å². The quantitative estimate of drug-likeness (QED) is 0.351. The molecule has 8 heteroatoms. The van der Waals surface area contributed by atoms with Crippen LogP contribution in [0.15, 0.2) is 65.1 Å². The maximum atomic E-state index is 12.5. The summed E-state index contributed by atoms with van der Waals surface area (Å²) in [5.74, 6) is 1.85. The van der Waals surface area contributed by atoms with Crippen molar-refractivity contribution in [3.05, 3.63) is 71.8 Å². The third-order valence-corrected chi connectivity index (χ3v) is 6.05. The molecule has 4 aromatic rings. The fourth-order valence-electron chi connectivity index (χ4n) is 3.68. The molecule has 2 heterocycles. The number of hydrogen-bond acceptors (Lipinski definition) is 6. The first-order valence-electron chi connectivity index (χ1n) is 11.0. The maximum absolute atomic E-state index is 12.5. The highest BCUT2D eigenvalue weighted by Gasteiger charge is 2.17. The number of aromatic nitrogens is 1. The molecule has 0 aliphatic carbocycles. The minimum atomic E-state index is -0.337. The van der Waals surface area contributed by atoms with Crippen LogP contribution in [0.5, 0.6) is 11.5 Å². The molecule has 0 unspecified atom stereocenters. The van der Waals surface area contributed by atoms with Crippen molar-refractivity contribution in [1.29, 1.82) is 0 Å².